The predicted octanol–water partition coefficient (Wildman–Crippen LogP) is 7.21. The van der Waals surface area contributed by atoms with Crippen LogP contribution in [0.3, 0.4) is 0 Å². The van der Waals surface area contributed by atoms with Crippen molar-refractivity contribution in [3.8, 4) is 5.75 Å². The zero-order valence-corrected chi connectivity index (χ0v) is 33.0. The highest BCUT2D eigenvalue weighted by Gasteiger charge is 2.37. The van der Waals surface area contributed by atoms with Gasteiger partial charge in [0.2, 0.25) is 11.8 Å². The minimum absolute atomic E-state index is 0.0222. The molecular weight excluding hydrogens is 647 g/mol. The maximum absolute atomic E-state index is 14.7. The maximum Gasteiger partial charge on any atom is 0.245 e. The summed E-state index contributed by atoms with van der Waals surface area (Å²) < 4.78 is 24.1. The molecule has 9 nitrogen and oxygen atoms in total. The Morgan fingerprint density at radius 1 is 0.880 bits per heavy atom. The lowest BCUT2D eigenvalue weighted by atomic mass is 10.0. The van der Waals surface area contributed by atoms with Crippen molar-refractivity contribution in [1.82, 2.24) is 10.2 Å². The van der Waals surface area contributed by atoms with Crippen LogP contribution < -0.4 is 15.8 Å². The predicted molar refractivity (Wildman–Crippen MR) is 205 cm³/mol. The van der Waals surface area contributed by atoms with Crippen molar-refractivity contribution >= 4 is 30.9 Å². The van der Waals surface area contributed by atoms with Crippen molar-refractivity contribution < 1.29 is 28.2 Å². The van der Waals surface area contributed by atoms with Crippen LogP contribution in [0.25, 0.3) is 10.8 Å². The lowest BCUT2D eigenvalue weighted by molar-refractivity contribution is -0.161. The van der Waals surface area contributed by atoms with E-state index in [-0.39, 0.29) is 48.4 Å². The van der Waals surface area contributed by atoms with Crippen LogP contribution in [-0.4, -0.2) is 75.4 Å². The fourth-order valence-corrected chi connectivity index (χ4v) is 6.42. The third-order valence-electron chi connectivity index (χ3n) is 8.96. The van der Waals surface area contributed by atoms with Gasteiger partial charge in [-0.05, 0) is 86.8 Å². The third kappa shape index (κ3) is 12.8. The molecule has 0 aliphatic rings. The Bertz CT molecular complexity index is 1500. The van der Waals surface area contributed by atoms with Crippen molar-refractivity contribution in [2.45, 2.75) is 117 Å². The first-order chi connectivity index (χ1) is 23.4. The molecule has 0 bridgehead atoms. The lowest BCUT2D eigenvalue weighted by Gasteiger charge is -2.37. The molecule has 0 unspecified atom stereocenters. The molecule has 0 saturated heterocycles. The quantitative estimate of drug-likeness (QED) is 0.106. The minimum atomic E-state index is -2.05. The highest BCUT2D eigenvalue weighted by Crippen LogP contribution is 2.36. The molecule has 3 aromatic rings. The molecule has 3 N–H and O–H groups in total. The number of nitrogens with two attached hydrogens (primary N) is 1. The number of hydrogen-bond donors (Lipinski definition) is 2. The fourth-order valence-electron chi connectivity index (χ4n) is 5.36. The van der Waals surface area contributed by atoms with Gasteiger partial charge in [-0.2, -0.15) is 0 Å². The molecule has 0 aliphatic heterocycles. The van der Waals surface area contributed by atoms with Gasteiger partial charge in [-0.1, -0.05) is 75.4 Å². The number of hydrogen-bond acceptors (Lipinski definition) is 7. The highest BCUT2D eigenvalue weighted by atomic mass is 28.4. The molecule has 50 heavy (non-hydrogen) atoms. The molecule has 3 rings (SSSR count). The molecule has 0 aliphatic carbocycles. The van der Waals surface area contributed by atoms with E-state index in [9.17, 15) is 9.59 Å². The average molecular weight is 708 g/mol. The molecule has 2 atom stereocenters. The van der Waals surface area contributed by atoms with Gasteiger partial charge in [0, 0.05) is 45.2 Å². The number of ether oxygens (including phenoxy) is 3. The smallest absolute Gasteiger partial charge is 0.245 e. The van der Waals surface area contributed by atoms with E-state index >= 15 is 0 Å². The van der Waals surface area contributed by atoms with Crippen molar-refractivity contribution in [2.75, 3.05) is 26.4 Å². The van der Waals surface area contributed by atoms with Gasteiger partial charge in [-0.3, -0.25) is 9.59 Å². The van der Waals surface area contributed by atoms with Gasteiger partial charge < -0.3 is 34.6 Å². The van der Waals surface area contributed by atoms with Crippen LogP contribution in [0.4, 0.5) is 0 Å². The molecule has 10 heteroatoms. The number of nitrogens with one attached hydrogen (secondary N) is 1. The summed E-state index contributed by atoms with van der Waals surface area (Å²) in [5.74, 6) is 0.185. The zero-order valence-electron chi connectivity index (χ0n) is 32.0. The van der Waals surface area contributed by atoms with Crippen molar-refractivity contribution in [2.24, 2.45) is 5.73 Å². The van der Waals surface area contributed by atoms with Gasteiger partial charge in [0.25, 0.3) is 0 Å². The number of fused-ring (bicyclic) bond motifs is 1. The second-order valence-corrected chi connectivity index (χ2v) is 20.2. The van der Waals surface area contributed by atoms with Gasteiger partial charge >= 0.3 is 0 Å². The average Bonchev–Trinajstić information content (AvgIpc) is 3.03. The lowest BCUT2D eigenvalue weighted by Crippen LogP contribution is -2.52. The number of amides is 2. The van der Waals surface area contributed by atoms with Crippen LogP contribution in [0.2, 0.25) is 18.1 Å². The van der Waals surface area contributed by atoms with Crippen LogP contribution in [0, 0.1) is 0 Å². The summed E-state index contributed by atoms with van der Waals surface area (Å²) in [7, 11) is -2.05. The Morgan fingerprint density at radius 3 is 2.10 bits per heavy atom. The van der Waals surface area contributed by atoms with Crippen LogP contribution in [0.5, 0.6) is 5.75 Å². The third-order valence-corrected chi connectivity index (χ3v) is 13.5. The minimum Gasteiger partial charge on any atom is -0.488 e. The molecular formula is C40H61N3O6Si. The van der Waals surface area contributed by atoms with Crippen molar-refractivity contribution in [3.05, 3.63) is 77.9 Å². The van der Waals surface area contributed by atoms with Crippen LogP contribution in [-0.2, 0) is 36.5 Å². The molecule has 276 valence electrons. The van der Waals surface area contributed by atoms with Crippen LogP contribution in [0.15, 0.2) is 66.7 Å². The Hall–Kier alpha value is -3.28. The van der Waals surface area contributed by atoms with Gasteiger partial charge in [0.05, 0.1) is 6.54 Å². The Morgan fingerprint density at radius 2 is 1.50 bits per heavy atom. The van der Waals surface area contributed by atoms with E-state index in [0.717, 1.165) is 27.6 Å². The molecule has 0 heterocycles. The van der Waals surface area contributed by atoms with E-state index in [1.54, 1.807) is 4.90 Å². The summed E-state index contributed by atoms with van der Waals surface area (Å²) in [5.41, 5.74) is 7.96. The van der Waals surface area contributed by atoms with Crippen molar-refractivity contribution in [3.63, 3.8) is 0 Å². The molecule has 0 saturated carbocycles. The van der Waals surface area contributed by atoms with Gasteiger partial charge in [-0.25, -0.2) is 0 Å². The normalized spacial score (nSPS) is 13.7. The van der Waals surface area contributed by atoms with Gasteiger partial charge in [0.15, 0.2) is 14.6 Å². The van der Waals surface area contributed by atoms with E-state index in [0.29, 0.717) is 19.8 Å². The second kappa shape index (κ2) is 18.3. The Labute approximate surface area is 301 Å². The standard InChI is InChI=1S/C40H61N3O6Si/c1-11-46-37(47-12-2)27-43(26-31-18-15-17-30-16-13-14-19-34(30)31)38(45)35(24-29-20-22-33(23-21-29)49-39(3,4)5)42-36(44)25-32(41)28-48-50(9,10)40(6,7)8/h13-23,32,35,37H,11-12,24-28,41H2,1-10H3,(H,42,44)/t32-,35+/m1/s1. The summed E-state index contributed by atoms with van der Waals surface area (Å²) in [4.78, 5) is 30.0. The first-order valence-corrected chi connectivity index (χ1v) is 20.8. The first-order valence-electron chi connectivity index (χ1n) is 17.9. The highest BCUT2D eigenvalue weighted by molar-refractivity contribution is 6.74. The topological polar surface area (TPSA) is 112 Å². The van der Waals surface area contributed by atoms with Crippen LogP contribution in [0.1, 0.15) is 72.9 Å². The summed E-state index contributed by atoms with van der Waals surface area (Å²) in [5, 5.41) is 5.21. The van der Waals surface area contributed by atoms with Crippen LogP contribution >= 0.6 is 0 Å². The van der Waals surface area contributed by atoms with Gasteiger partial charge in [-0.15, -0.1) is 0 Å². The maximum atomic E-state index is 14.7. The number of carbonyl (C=O) groups is 2. The summed E-state index contributed by atoms with van der Waals surface area (Å²) in [6, 6.07) is 20.5. The molecule has 2 amide bonds. The fraction of sp³-hybridized carbons (Fsp3) is 0.550. The molecule has 0 spiro atoms. The van der Waals surface area contributed by atoms with E-state index in [4.69, 9.17) is 24.4 Å². The number of nitrogens with zero attached hydrogens (tertiary/aromatic N) is 1. The summed E-state index contributed by atoms with van der Waals surface area (Å²) in [6.07, 6.45) is -0.327. The number of benzene rings is 3. The molecule has 0 fully saturated rings. The van der Waals surface area contributed by atoms with E-state index in [2.05, 4.69) is 57.4 Å². The molecule has 0 aromatic heterocycles. The molecule has 0 radical (unpaired) electrons. The molecule has 3 aromatic carbocycles. The van der Waals surface area contributed by atoms with E-state index in [1.165, 1.54) is 0 Å². The summed E-state index contributed by atoms with van der Waals surface area (Å²) >= 11 is 0. The number of carbonyl (C=O) groups excluding carboxylic acids is 2. The SMILES string of the molecule is CCOC(CN(Cc1cccc2ccccc12)C(=O)[C@H](Cc1ccc(OC(C)(C)C)cc1)NC(=O)C[C@@H](N)CO[Si](C)(C)C(C)(C)C)OCC. The van der Waals surface area contributed by atoms with Crippen molar-refractivity contribution in [1.29, 1.82) is 0 Å². The second-order valence-electron chi connectivity index (χ2n) is 15.4. The zero-order chi connectivity index (χ0) is 37.1. The Balaban J connectivity index is 1.93. The van der Waals surface area contributed by atoms with E-state index in [1.807, 2.05) is 83.1 Å². The number of rotatable bonds is 18. The van der Waals surface area contributed by atoms with Gasteiger partial charge in [0.1, 0.15) is 17.4 Å². The first kappa shape index (κ1) is 41.1. The monoisotopic (exact) mass is 707 g/mol. The summed E-state index contributed by atoms with van der Waals surface area (Å²) in [6.45, 7) is 22.2. The van der Waals surface area contributed by atoms with E-state index < -0.39 is 26.7 Å². The largest absolute Gasteiger partial charge is 0.488 e. The Kier molecular flexibility index (Phi) is 15.0.